The third-order valence-corrected chi connectivity index (χ3v) is 5.63. The van der Waals surface area contributed by atoms with Gasteiger partial charge < -0.3 is 4.74 Å². The van der Waals surface area contributed by atoms with Gasteiger partial charge in [0.15, 0.2) is 0 Å². The summed E-state index contributed by atoms with van der Waals surface area (Å²) in [5.41, 5.74) is 4.72. The molecule has 1 fully saturated rings. The van der Waals surface area contributed by atoms with E-state index in [1.54, 1.807) is 18.3 Å². The van der Waals surface area contributed by atoms with Crippen LogP contribution in [0.25, 0.3) is 0 Å². The fourth-order valence-corrected chi connectivity index (χ4v) is 4.09. The second-order valence-corrected chi connectivity index (χ2v) is 7.35. The summed E-state index contributed by atoms with van der Waals surface area (Å²) < 4.78 is 7.91. The molecule has 136 valence electrons. The highest BCUT2D eigenvalue weighted by Gasteiger charge is 2.25. The highest BCUT2D eigenvalue weighted by Crippen LogP contribution is 2.27. The number of nitrogens with zero attached hydrogens (tertiary/aromatic N) is 5. The lowest BCUT2D eigenvalue weighted by Gasteiger charge is -2.31. The Labute approximate surface area is 154 Å². The average molecular weight is 351 g/mol. The molecule has 1 aliphatic heterocycles. The van der Waals surface area contributed by atoms with E-state index >= 15 is 0 Å². The Kier molecular flexibility index (Phi) is 4.89. The van der Waals surface area contributed by atoms with Gasteiger partial charge in [0, 0.05) is 19.8 Å². The number of fused-ring (bicyclic) bond motifs is 1. The molecule has 0 radical (unpaired) electrons. The molecular weight excluding hydrogens is 326 g/mol. The van der Waals surface area contributed by atoms with Crippen molar-refractivity contribution in [3.8, 4) is 11.9 Å². The number of aryl methyl sites for hydroxylation is 2. The SMILES string of the molecule is Cn1nc2c(c1CN1CCC(COc3ncccc3C#N)CC1)CCC2. The molecule has 0 amide bonds. The highest BCUT2D eigenvalue weighted by atomic mass is 16.5. The molecule has 0 bridgehead atoms. The summed E-state index contributed by atoms with van der Waals surface area (Å²) in [6.07, 6.45) is 7.49. The van der Waals surface area contributed by atoms with E-state index in [4.69, 9.17) is 10.00 Å². The first-order valence-electron chi connectivity index (χ1n) is 9.48. The first kappa shape index (κ1) is 17.0. The zero-order valence-electron chi connectivity index (χ0n) is 15.3. The van der Waals surface area contributed by atoms with Crippen LogP contribution in [0, 0.1) is 17.2 Å². The highest BCUT2D eigenvalue weighted by molar-refractivity contribution is 5.37. The van der Waals surface area contributed by atoms with Gasteiger partial charge in [0.1, 0.15) is 11.6 Å². The van der Waals surface area contributed by atoms with Gasteiger partial charge in [-0.15, -0.1) is 0 Å². The molecule has 26 heavy (non-hydrogen) atoms. The molecule has 0 aromatic carbocycles. The minimum absolute atomic E-state index is 0.461. The summed E-state index contributed by atoms with van der Waals surface area (Å²) in [6, 6.07) is 5.65. The molecule has 2 aliphatic rings. The minimum atomic E-state index is 0.461. The molecule has 0 spiro atoms. The van der Waals surface area contributed by atoms with Crippen LogP contribution in [-0.2, 0) is 26.4 Å². The predicted octanol–water partition coefficient (Wildman–Crippen LogP) is 2.47. The van der Waals surface area contributed by atoms with Crippen LogP contribution < -0.4 is 4.74 Å². The second-order valence-electron chi connectivity index (χ2n) is 7.35. The summed E-state index contributed by atoms with van der Waals surface area (Å²) in [5.74, 6) is 0.986. The fraction of sp³-hybridized carbons (Fsp3) is 0.550. The molecule has 0 atom stereocenters. The van der Waals surface area contributed by atoms with E-state index in [9.17, 15) is 0 Å². The topological polar surface area (TPSA) is 67.0 Å². The molecule has 2 aromatic heterocycles. The third kappa shape index (κ3) is 3.45. The molecule has 4 rings (SSSR count). The maximum Gasteiger partial charge on any atom is 0.231 e. The van der Waals surface area contributed by atoms with Crippen LogP contribution in [0.5, 0.6) is 5.88 Å². The fourth-order valence-electron chi connectivity index (χ4n) is 4.09. The molecule has 3 heterocycles. The molecule has 0 N–H and O–H groups in total. The van der Waals surface area contributed by atoms with E-state index in [2.05, 4.69) is 32.8 Å². The van der Waals surface area contributed by atoms with Crippen LogP contribution in [-0.4, -0.2) is 39.4 Å². The van der Waals surface area contributed by atoms with E-state index in [-0.39, 0.29) is 0 Å². The van der Waals surface area contributed by atoms with Crippen molar-refractivity contribution < 1.29 is 4.74 Å². The van der Waals surface area contributed by atoms with E-state index < -0.39 is 0 Å². The first-order valence-corrected chi connectivity index (χ1v) is 9.48. The van der Waals surface area contributed by atoms with Gasteiger partial charge in [-0.2, -0.15) is 10.4 Å². The Morgan fingerprint density at radius 1 is 1.31 bits per heavy atom. The predicted molar refractivity (Wildman–Crippen MR) is 97.7 cm³/mol. The number of pyridine rings is 1. The van der Waals surface area contributed by atoms with Crippen molar-refractivity contribution in [1.29, 1.82) is 5.26 Å². The van der Waals surface area contributed by atoms with Crippen molar-refractivity contribution in [3.63, 3.8) is 0 Å². The number of piperidine rings is 1. The molecule has 1 saturated heterocycles. The normalized spacial score (nSPS) is 17.8. The van der Waals surface area contributed by atoms with Crippen LogP contribution in [0.1, 0.15) is 41.8 Å². The van der Waals surface area contributed by atoms with Crippen LogP contribution in [0.4, 0.5) is 0 Å². The first-order chi connectivity index (χ1) is 12.7. The van der Waals surface area contributed by atoms with E-state index in [0.717, 1.165) is 38.9 Å². The van der Waals surface area contributed by atoms with Crippen molar-refractivity contribution in [2.24, 2.45) is 13.0 Å². The lowest BCUT2D eigenvalue weighted by Crippen LogP contribution is -2.35. The lowest BCUT2D eigenvalue weighted by molar-refractivity contribution is 0.132. The Morgan fingerprint density at radius 3 is 2.96 bits per heavy atom. The number of aromatic nitrogens is 3. The van der Waals surface area contributed by atoms with Crippen LogP contribution in [0.15, 0.2) is 18.3 Å². The molecule has 0 unspecified atom stereocenters. The van der Waals surface area contributed by atoms with Gasteiger partial charge in [-0.05, 0) is 68.8 Å². The van der Waals surface area contributed by atoms with Crippen LogP contribution >= 0.6 is 0 Å². The van der Waals surface area contributed by atoms with Gasteiger partial charge in [-0.3, -0.25) is 9.58 Å². The van der Waals surface area contributed by atoms with Gasteiger partial charge >= 0.3 is 0 Å². The molecule has 1 aliphatic carbocycles. The maximum atomic E-state index is 9.12. The van der Waals surface area contributed by atoms with Crippen molar-refractivity contribution >= 4 is 0 Å². The van der Waals surface area contributed by atoms with Gasteiger partial charge in [0.25, 0.3) is 0 Å². The molecular formula is C20H25N5O. The van der Waals surface area contributed by atoms with E-state index in [0.29, 0.717) is 24.0 Å². The molecule has 6 nitrogen and oxygen atoms in total. The summed E-state index contributed by atoms with van der Waals surface area (Å²) in [4.78, 5) is 6.71. The summed E-state index contributed by atoms with van der Waals surface area (Å²) in [6.45, 7) is 3.81. The number of hydrogen-bond acceptors (Lipinski definition) is 5. The maximum absolute atomic E-state index is 9.12. The number of hydrogen-bond donors (Lipinski definition) is 0. The average Bonchev–Trinajstić information content (AvgIpc) is 3.23. The minimum Gasteiger partial charge on any atom is -0.476 e. The van der Waals surface area contributed by atoms with Crippen LogP contribution in [0.2, 0.25) is 0 Å². The third-order valence-electron chi connectivity index (χ3n) is 5.63. The lowest BCUT2D eigenvalue weighted by atomic mass is 9.97. The number of rotatable bonds is 5. The quantitative estimate of drug-likeness (QED) is 0.828. The van der Waals surface area contributed by atoms with Gasteiger partial charge in [-0.1, -0.05) is 0 Å². The van der Waals surface area contributed by atoms with Crippen molar-refractivity contribution in [1.82, 2.24) is 19.7 Å². The summed E-state index contributed by atoms with van der Waals surface area (Å²) >= 11 is 0. The summed E-state index contributed by atoms with van der Waals surface area (Å²) in [5, 5.41) is 13.8. The Morgan fingerprint density at radius 2 is 2.15 bits per heavy atom. The summed E-state index contributed by atoms with van der Waals surface area (Å²) in [7, 11) is 2.08. The van der Waals surface area contributed by atoms with E-state index in [1.165, 1.54) is 29.8 Å². The number of nitriles is 1. The monoisotopic (exact) mass is 351 g/mol. The van der Waals surface area contributed by atoms with Gasteiger partial charge in [-0.25, -0.2) is 4.98 Å². The smallest absolute Gasteiger partial charge is 0.231 e. The second kappa shape index (κ2) is 7.46. The Balaban J connectivity index is 1.29. The van der Waals surface area contributed by atoms with Gasteiger partial charge in [0.05, 0.1) is 18.0 Å². The standard InChI is InChI=1S/C20H25N5O/c1-24-19(17-5-2-6-18(17)23-24)13-25-10-7-15(8-11-25)14-26-20-16(12-21)4-3-9-22-20/h3-4,9,15H,2,5-8,10-11,13-14H2,1H3. The number of likely N-dealkylation sites (tertiary alicyclic amines) is 1. The molecule has 6 heteroatoms. The van der Waals surface area contributed by atoms with E-state index in [1.807, 2.05) is 0 Å². The van der Waals surface area contributed by atoms with Crippen molar-refractivity contribution in [3.05, 3.63) is 40.8 Å². The largest absolute Gasteiger partial charge is 0.476 e. The zero-order chi connectivity index (χ0) is 17.9. The van der Waals surface area contributed by atoms with Crippen molar-refractivity contribution in [2.75, 3.05) is 19.7 Å². The van der Waals surface area contributed by atoms with Gasteiger partial charge in [0.2, 0.25) is 5.88 Å². The number of ether oxygens (including phenoxy) is 1. The Bertz CT molecular complexity index is 814. The van der Waals surface area contributed by atoms with Crippen molar-refractivity contribution in [2.45, 2.75) is 38.6 Å². The molecule has 2 aromatic rings. The zero-order valence-corrected chi connectivity index (χ0v) is 15.3. The molecule has 0 saturated carbocycles. The Hall–Kier alpha value is -2.39. The van der Waals surface area contributed by atoms with Crippen LogP contribution in [0.3, 0.4) is 0 Å².